The third kappa shape index (κ3) is 4.77. The molecular weight excluding hydrogens is 242 g/mol. The molecule has 0 radical (unpaired) electrons. The van der Waals surface area contributed by atoms with Crippen molar-refractivity contribution in [2.75, 3.05) is 31.6 Å². The number of anilines is 1. The molecule has 1 amide bonds. The molecule has 106 valence electrons. The summed E-state index contributed by atoms with van der Waals surface area (Å²) in [6.07, 6.45) is 2.17. The molecule has 1 aromatic rings. The lowest BCUT2D eigenvalue weighted by molar-refractivity contribution is -0.130. The lowest BCUT2D eigenvalue weighted by Crippen LogP contribution is -2.31. The summed E-state index contributed by atoms with van der Waals surface area (Å²) >= 11 is 0. The van der Waals surface area contributed by atoms with Crippen molar-refractivity contribution in [2.45, 2.75) is 27.2 Å². The molecule has 1 heterocycles. The van der Waals surface area contributed by atoms with Crippen LogP contribution in [0.2, 0.25) is 0 Å². The summed E-state index contributed by atoms with van der Waals surface area (Å²) in [6, 6.07) is 3.70. The quantitative estimate of drug-likeness (QED) is 0.782. The van der Waals surface area contributed by atoms with Crippen molar-refractivity contribution in [1.82, 2.24) is 9.88 Å². The Hall–Kier alpha value is -1.78. The van der Waals surface area contributed by atoms with Crippen LogP contribution in [0.3, 0.4) is 0 Å². The van der Waals surface area contributed by atoms with Crippen molar-refractivity contribution in [3.05, 3.63) is 18.3 Å². The number of aromatic nitrogens is 1. The largest absolute Gasteiger partial charge is 0.490 e. The van der Waals surface area contributed by atoms with Crippen LogP contribution in [0.5, 0.6) is 5.75 Å². The van der Waals surface area contributed by atoms with E-state index in [9.17, 15) is 4.79 Å². The Labute approximate surface area is 115 Å². The summed E-state index contributed by atoms with van der Waals surface area (Å²) in [5, 5.41) is 3.15. The van der Waals surface area contributed by atoms with E-state index >= 15 is 0 Å². The van der Waals surface area contributed by atoms with Gasteiger partial charge in [-0.05, 0) is 32.9 Å². The number of nitrogens with one attached hydrogen (secondary N) is 1. The van der Waals surface area contributed by atoms with Crippen LogP contribution in [-0.2, 0) is 4.79 Å². The third-order valence-corrected chi connectivity index (χ3v) is 2.82. The number of nitrogens with zero attached hydrogens (tertiary/aromatic N) is 2. The van der Waals surface area contributed by atoms with Crippen LogP contribution in [0.4, 0.5) is 5.82 Å². The molecule has 5 heteroatoms. The highest BCUT2D eigenvalue weighted by molar-refractivity contribution is 5.76. The molecule has 0 bridgehead atoms. The van der Waals surface area contributed by atoms with Gasteiger partial charge in [-0.2, -0.15) is 0 Å². The normalized spacial score (nSPS) is 10.1. The second-order valence-corrected chi connectivity index (χ2v) is 4.03. The van der Waals surface area contributed by atoms with Gasteiger partial charge in [0.15, 0.2) is 11.6 Å². The number of pyridine rings is 1. The Balaban J connectivity index is 2.47. The first-order chi connectivity index (χ1) is 9.22. The maximum Gasteiger partial charge on any atom is 0.224 e. The zero-order chi connectivity index (χ0) is 14.1. The minimum atomic E-state index is 0.159. The summed E-state index contributed by atoms with van der Waals surface area (Å²) in [4.78, 5) is 17.9. The Morgan fingerprint density at radius 1 is 1.37 bits per heavy atom. The van der Waals surface area contributed by atoms with Crippen LogP contribution in [0.25, 0.3) is 0 Å². The van der Waals surface area contributed by atoms with Gasteiger partial charge in [0.2, 0.25) is 5.91 Å². The van der Waals surface area contributed by atoms with Gasteiger partial charge in [-0.25, -0.2) is 4.98 Å². The molecule has 0 saturated carbocycles. The SMILES string of the molecule is CCOc1cccnc1NCCC(=O)N(CC)CC. The Morgan fingerprint density at radius 2 is 2.11 bits per heavy atom. The minimum Gasteiger partial charge on any atom is -0.490 e. The van der Waals surface area contributed by atoms with E-state index in [1.807, 2.05) is 37.8 Å². The highest BCUT2D eigenvalue weighted by atomic mass is 16.5. The fourth-order valence-corrected chi connectivity index (χ4v) is 1.82. The molecule has 0 aliphatic heterocycles. The molecule has 0 aromatic carbocycles. The van der Waals surface area contributed by atoms with Crippen LogP contribution in [0.15, 0.2) is 18.3 Å². The smallest absolute Gasteiger partial charge is 0.224 e. The van der Waals surface area contributed by atoms with Crippen molar-refractivity contribution in [3.8, 4) is 5.75 Å². The van der Waals surface area contributed by atoms with Gasteiger partial charge in [-0.15, -0.1) is 0 Å². The number of hydrogen-bond acceptors (Lipinski definition) is 4. The lowest BCUT2D eigenvalue weighted by atomic mass is 10.3. The number of hydrogen-bond donors (Lipinski definition) is 1. The van der Waals surface area contributed by atoms with E-state index in [0.29, 0.717) is 25.4 Å². The van der Waals surface area contributed by atoms with Gasteiger partial charge in [0.25, 0.3) is 0 Å². The molecule has 0 aliphatic rings. The number of carbonyl (C=O) groups is 1. The van der Waals surface area contributed by atoms with Crippen LogP contribution in [-0.4, -0.2) is 42.0 Å². The molecule has 5 nitrogen and oxygen atoms in total. The predicted octanol–water partition coefficient (Wildman–Crippen LogP) is 2.15. The molecule has 0 spiro atoms. The fourth-order valence-electron chi connectivity index (χ4n) is 1.82. The molecule has 0 atom stereocenters. The zero-order valence-electron chi connectivity index (χ0n) is 12.0. The summed E-state index contributed by atoms with van der Waals surface area (Å²) < 4.78 is 5.46. The third-order valence-electron chi connectivity index (χ3n) is 2.82. The average molecular weight is 265 g/mol. The van der Waals surface area contributed by atoms with E-state index in [2.05, 4.69) is 10.3 Å². The van der Waals surface area contributed by atoms with E-state index in [0.717, 1.165) is 18.8 Å². The van der Waals surface area contributed by atoms with Crippen molar-refractivity contribution in [3.63, 3.8) is 0 Å². The van der Waals surface area contributed by atoms with Crippen molar-refractivity contribution < 1.29 is 9.53 Å². The second kappa shape index (κ2) is 8.34. The standard InChI is InChI=1S/C14H23N3O2/c1-4-17(5-2)13(18)9-11-16-14-12(19-6-3)8-7-10-15-14/h7-8,10H,4-6,9,11H2,1-3H3,(H,15,16). The number of ether oxygens (including phenoxy) is 1. The number of rotatable bonds is 8. The van der Waals surface area contributed by atoms with Crippen LogP contribution in [0, 0.1) is 0 Å². The van der Waals surface area contributed by atoms with E-state index in [-0.39, 0.29) is 5.91 Å². The fraction of sp³-hybridized carbons (Fsp3) is 0.571. The van der Waals surface area contributed by atoms with Gasteiger partial charge < -0.3 is 15.0 Å². The molecule has 0 aliphatic carbocycles. The monoisotopic (exact) mass is 265 g/mol. The first-order valence-electron chi connectivity index (χ1n) is 6.82. The Morgan fingerprint density at radius 3 is 2.74 bits per heavy atom. The summed E-state index contributed by atoms with van der Waals surface area (Å²) in [7, 11) is 0. The lowest BCUT2D eigenvalue weighted by Gasteiger charge is -2.18. The molecule has 19 heavy (non-hydrogen) atoms. The van der Waals surface area contributed by atoms with Gasteiger partial charge in [0, 0.05) is 32.3 Å². The number of carbonyl (C=O) groups excluding carboxylic acids is 1. The maximum atomic E-state index is 11.8. The van der Waals surface area contributed by atoms with Crippen molar-refractivity contribution >= 4 is 11.7 Å². The van der Waals surface area contributed by atoms with Crippen LogP contribution < -0.4 is 10.1 Å². The summed E-state index contributed by atoms with van der Waals surface area (Å²) in [6.45, 7) is 8.57. The van der Waals surface area contributed by atoms with Gasteiger partial charge in [0.05, 0.1) is 6.61 Å². The van der Waals surface area contributed by atoms with E-state index in [4.69, 9.17) is 4.74 Å². The zero-order valence-corrected chi connectivity index (χ0v) is 12.0. The highest BCUT2D eigenvalue weighted by Gasteiger charge is 2.09. The molecule has 0 unspecified atom stereocenters. The molecular formula is C14H23N3O2. The average Bonchev–Trinajstić information content (AvgIpc) is 2.42. The summed E-state index contributed by atoms with van der Waals surface area (Å²) in [5.41, 5.74) is 0. The van der Waals surface area contributed by atoms with Crippen molar-refractivity contribution in [1.29, 1.82) is 0 Å². The predicted molar refractivity (Wildman–Crippen MR) is 76.4 cm³/mol. The van der Waals surface area contributed by atoms with E-state index in [1.54, 1.807) is 6.20 Å². The van der Waals surface area contributed by atoms with E-state index < -0.39 is 0 Å². The summed E-state index contributed by atoms with van der Waals surface area (Å²) in [5.74, 6) is 1.57. The van der Waals surface area contributed by atoms with Gasteiger partial charge in [-0.1, -0.05) is 0 Å². The Bertz CT molecular complexity index is 392. The first-order valence-corrected chi connectivity index (χ1v) is 6.82. The molecule has 0 fully saturated rings. The second-order valence-electron chi connectivity index (χ2n) is 4.03. The van der Waals surface area contributed by atoms with Crippen LogP contribution >= 0.6 is 0 Å². The molecule has 1 aromatic heterocycles. The Kier molecular flexibility index (Phi) is 6.71. The topological polar surface area (TPSA) is 54.5 Å². The van der Waals surface area contributed by atoms with Crippen LogP contribution in [0.1, 0.15) is 27.2 Å². The molecule has 0 saturated heterocycles. The van der Waals surface area contributed by atoms with Gasteiger partial charge in [-0.3, -0.25) is 4.79 Å². The molecule has 1 rings (SSSR count). The van der Waals surface area contributed by atoms with Gasteiger partial charge >= 0.3 is 0 Å². The highest BCUT2D eigenvalue weighted by Crippen LogP contribution is 2.20. The maximum absolute atomic E-state index is 11.8. The first kappa shape index (κ1) is 15.3. The van der Waals surface area contributed by atoms with Crippen molar-refractivity contribution in [2.24, 2.45) is 0 Å². The van der Waals surface area contributed by atoms with Gasteiger partial charge in [0.1, 0.15) is 0 Å². The molecule has 1 N–H and O–H groups in total. The number of amides is 1. The minimum absolute atomic E-state index is 0.159. The van der Waals surface area contributed by atoms with E-state index in [1.165, 1.54) is 0 Å².